The molecule has 0 aromatic heterocycles. The van der Waals surface area contributed by atoms with Crippen LogP contribution in [0.1, 0.15) is 40.5 Å². The van der Waals surface area contributed by atoms with Crippen LogP contribution < -0.4 is 5.32 Å². The van der Waals surface area contributed by atoms with Gasteiger partial charge >= 0.3 is 0 Å². The number of aliphatic hydroxyl groups is 1. The first-order valence-electron chi connectivity index (χ1n) is 6.42. The van der Waals surface area contributed by atoms with E-state index in [9.17, 15) is 5.11 Å². The van der Waals surface area contributed by atoms with E-state index in [0.29, 0.717) is 19.3 Å². The Labute approximate surface area is 106 Å². The number of nitrogens with one attached hydrogen (secondary N) is 1. The van der Waals surface area contributed by atoms with Gasteiger partial charge in [0.25, 0.3) is 0 Å². The second-order valence-electron chi connectivity index (χ2n) is 5.26. The Hall–Kier alpha value is -0.160. The molecule has 0 saturated carbocycles. The Morgan fingerprint density at radius 3 is 2.41 bits per heavy atom. The summed E-state index contributed by atoms with van der Waals surface area (Å²) in [5.74, 6) is 0. The highest BCUT2D eigenvalue weighted by atomic mass is 16.5. The predicted octanol–water partition coefficient (Wildman–Crippen LogP) is 1.57. The fourth-order valence-corrected chi connectivity index (χ4v) is 1.92. The summed E-state index contributed by atoms with van der Waals surface area (Å²) in [7, 11) is 1.68. The van der Waals surface area contributed by atoms with E-state index < -0.39 is 0 Å². The van der Waals surface area contributed by atoms with Crippen molar-refractivity contribution in [2.75, 3.05) is 26.9 Å². The SMILES string of the molecule is COCC(C)OCCCC(C)(CO)NC(C)C. The van der Waals surface area contributed by atoms with Gasteiger partial charge in [-0.25, -0.2) is 0 Å². The molecule has 0 aliphatic heterocycles. The molecule has 0 aromatic rings. The quantitative estimate of drug-likeness (QED) is 0.575. The van der Waals surface area contributed by atoms with Gasteiger partial charge in [0.05, 0.1) is 19.3 Å². The van der Waals surface area contributed by atoms with Crippen molar-refractivity contribution in [3.05, 3.63) is 0 Å². The summed E-state index contributed by atoms with van der Waals surface area (Å²) in [5, 5.41) is 12.8. The van der Waals surface area contributed by atoms with E-state index in [1.807, 2.05) is 13.8 Å². The highest BCUT2D eigenvalue weighted by Gasteiger charge is 2.23. The molecule has 0 aliphatic carbocycles. The number of rotatable bonds is 10. The minimum Gasteiger partial charge on any atom is -0.394 e. The first kappa shape index (κ1) is 16.8. The molecule has 4 heteroatoms. The molecule has 0 heterocycles. The van der Waals surface area contributed by atoms with Crippen LogP contribution in [0.15, 0.2) is 0 Å². The van der Waals surface area contributed by atoms with Gasteiger partial charge in [-0.15, -0.1) is 0 Å². The summed E-state index contributed by atoms with van der Waals surface area (Å²) in [6, 6.07) is 0.375. The Bertz CT molecular complexity index is 188. The summed E-state index contributed by atoms with van der Waals surface area (Å²) in [4.78, 5) is 0. The Morgan fingerprint density at radius 2 is 1.94 bits per heavy atom. The Kier molecular flexibility index (Phi) is 8.78. The van der Waals surface area contributed by atoms with Gasteiger partial charge in [0.15, 0.2) is 0 Å². The van der Waals surface area contributed by atoms with Crippen molar-refractivity contribution < 1.29 is 14.6 Å². The number of hydrogen-bond donors (Lipinski definition) is 2. The van der Waals surface area contributed by atoms with Crippen LogP contribution in [-0.4, -0.2) is 49.7 Å². The molecule has 0 amide bonds. The lowest BCUT2D eigenvalue weighted by molar-refractivity contribution is 0.00452. The van der Waals surface area contributed by atoms with Crippen molar-refractivity contribution >= 4 is 0 Å². The van der Waals surface area contributed by atoms with E-state index in [4.69, 9.17) is 9.47 Å². The van der Waals surface area contributed by atoms with Crippen molar-refractivity contribution in [1.29, 1.82) is 0 Å². The molecule has 2 unspecified atom stereocenters. The van der Waals surface area contributed by atoms with E-state index in [-0.39, 0.29) is 18.2 Å². The molecule has 2 N–H and O–H groups in total. The average Bonchev–Trinajstić information content (AvgIpc) is 2.24. The number of hydrogen-bond acceptors (Lipinski definition) is 4. The van der Waals surface area contributed by atoms with Gasteiger partial charge in [-0.2, -0.15) is 0 Å². The summed E-state index contributed by atoms with van der Waals surface area (Å²) in [6.45, 7) is 9.71. The summed E-state index contributed by atoms with van der Waals surface area (Å²) in [6.07, 6.45) is 1.98. The van der Waals surface area contributed by atoms with Crippen molar-refractivity contribution in [3.8, 4) is 0 Å². The number of ether oxygens (including phenoxy) is 2. The van der Waals surface area contributed by atoms with Crippen LogP contribution >= 0.6 is 0 Å². The van der Waals surface area contributed by atoms with Crippen molar-refractivity contribution in [2.24, 2.45) is 0 Å². The van der Waals surface area contributed by atoms with Crippen LogP contribution in [-0.2, 0) is 9.47 Å². The van der Waals surface area contributed by atoms with Crippen molar-refractivity contribution in [2.45, 2.75) is 58.2 Å². The summed E-state index contributed by atoms with van der Waals surface area (Å²) >= 11 is 0. The highest BCUT2D eigenvalue weighted by molar-refractivity contribution is 4.83. The van der Waals surface area contributed by atoms with E-state index in [1.165, 1.54) is 0 Å². The fourth-order valence-electron chi connectivity index (χ4n) is 1.92. The first-order chi connectivity index (χ1) is 7.93. The van der Waals surface area contributed by atoms with Crippen LogP contribution in [0.3, 0.4) is 0 Å². The lowest BCUT2D eigenvalue weighted by Crippen LogP contribution is -2.49. The molecular weight excluding hydrogens is 218 g/mol. The van der Waals surface area contributed by atoms with Gasteiger partial charge in [0.1, 0.15) is 0 Å². The normalized spacial score (nSPS) is 17.1. The van der Waals surface area contributed by atoms with Crippen LogP contribution in [0.5, 0.6) is 0 Å². The third-order valence-corrected chi connectivity index (χ3v) is 2.66. The van der Waals surface area contributed by atoms with Crippen LogP contribution in [0, 0.1) is 0 Å². The van der Waals surface area contributed by atoms with E-state index in [1.54, 1.807) is 7.11 Å². The third-order valence-electron chi connectivity index (χ3n) is 2.66. The van der Waals surface area contributed by atoms with Crippen molar-refractivity contribution in [1.82, 2.24) is 5.32 Å². The van der Waals surface area contributed by atoms with Gasteiger partial charge in [0.2, 0.25) is 0 Å². The highest BCUT2D eigenvalue weighted by Crippen LogP contribution is 2.13. The minimum absolute atomic E-state index is 0.137. The van der Waals surface area contributed by atoms with Crippen LogP contribution in [0.2, 0.25) is 0 Å². The lowest BCUT2D eigenvalue weighted by atomic mass is 9.96. The molecule has 0 rings (SSSR count). The molecule has 0 aliphatic rings. The maximum absolute atomic E-state index is 9.40. The zero-order chi connectivity index (χ0) is 13.3. The number of methoxy groups -OCH3 is 1. The molecule has 0 bridgehead atoms. The maximum Gasteiger partial charge on any atom is 0.0780 e. The monoisotopic (exact) mass is 247 g/mol. The van der Waals surface area contributed by atoms with Gasteiger partial charge in [-0.1, -0.05) is 13.8 Å². The molecule has 4 nitrogen and oxygen atoms in total. The molecule has 104 valence electrons. The summed E-state index contributed by atoms with van der Waals surface area (Å²) < 4.78 is 10.6. The van der Waals surface area contributed by atoms with Gasteiger partial charge in [-0.3, -0.25) is 0 Å². The topological polar surface area (TPSA) is 50.7 Å². The second kappa shape index (κ2) is 8.86. The molecule has 0 aromatic carbocycles. The second-order valence-corrected chi connectivity index (χ2v) is 5.26. The van der Waals surface area contributed by atoms with Gasteiger partial charge in [-0.05, 0) is 26.7 Å². The smallest absolute Gasteiger partial charge is 0.0780 e. The molecule has 0 radical (unpaired) electrons. The Morgan fingerprint density at radius 1 is 1.29 bits per heavy atom. The summed E-state index contributed by atoms with van der Waals surface area (Å²) in [5.41, 5.74) is -0.206. The molecule has 17 heavy (non-hydrogen) atoms. The third kappa shape index (κ3) is 8.55. The first-order valence-corrected chi connectivity index (χ1v) is 6.42. The molecule has 2 atom stereocenters. The maximum atomic E-state index is 9.40. The average molecular weight is 247 g/mol. The van der Waals surface area contributed by atoms with Gasteiger partial charge < -0.3 is 19.9 Å². The molecule has 0 saturated heterocycles. The van der Waals surface area contributed by atoms with Crippen LogP contribution in [0.4, 0.5) is 0 Å². The van der Waals surface area contributed by atoms with E-state index >= 15 is 0 Å². The largest absolute Gasteiger partial charge is 0.394 e. The lowest BCUT2D eigenvalue weighted by Gasteiger charge is -2.31. The van der Waals surface area contributed by atoms with E-state index in [2.05, 4.69) is 19.2 Å². The standard InChI is InChI=1S/C13H29NO3/c1-11(2)14-13(4,10-15)7-6-8-17-12(3)9-16-5/h11-12,14-15H,6-10H2,1-5H3. The molecular formula is C13H29NO3. The zero-order valence-corrected chi connectivity index (χ0v) is 12.0. The number of aliphatic hydroxyl groups excluding tert-OH is 1. The van der Waals surface area contributed by atoms with Crippen LogP contribution in [0.25, 0.3) is 0 Å². The Balaban J connectivity index is 3.76. The predicted molar refractivity (Wildman–Crippen MR) is 70.3 cm³/mol. The van der Waals surface area contributed by atoms with E-state index in [0.717, 1.165) is 12.8 Å². The van der Waals surface area contributed by atoms with Gasteiger partial charge in [0, 0.05) is 25.3 Å². The fraction of sp³-hybridized carbons (Fsp3) is 1.00. The zero-order valence-electron chi connectivity index (χ0n) is 12.0. The minimum atomic E-state index is -0.206. The van der Waals surface area contributed by atoms with Crippen molar-refractivity contribution in [3.63, 3.8) is 0 Å². The molecule has 0 spiro atoms. The molecule has 0 fully saturated rings.